The lowest BCUT2D eigenvalue weighted by atomic mass is 10.1. The molecule has 7 heteroatoms. The monoisotopic (exact) mass is 428 g/mol. The van der Waals surface area contributed by atoms with Gasteiger partial charge in [0.05, 0.1) is 10.7 Å². The first kappa shape index (κ1) is 20.9. The van der Waals surface area contributed by atoms with Gasteiger partial charge in [0.25, 0.3) is 15.9 Å². The van der Waals surface area contributed by atoms with E-state index in [4.69, 9.17) is 11.6 Å². The smallest absolute Gasteiger partial charge is 0.265 e. The van der Waals surface area contributed by atoms with Crippen molar-refractivity contribution in [3.63, 3.8) is 0 Å². The van der Waals surface area contributed by atoms with Gasteiger partial charge in [-0.05, 0) is 42.8 Å². The van der Waals surface area contributed by atoms with Gasteiger partial charge in [-0.3, -0.25) is 9.10 Å². The van der Waals surface area contributed by atoms with Crippen molar-refractivity contribution in [1.82, 2.24) is 5.32 Å². The van der Waals surface area contributed by atoms with Gasteiger partial charge >= 0.3 is 0 Å². The summed E-state index contributed by atoms with van der Waals surface area (Å²) in [5, 5.41) is 2.86. The zero-order chi connectivity index (χ0) is 21.0. The van der Waals surface area contributed by atoms with Crippen LogP contribution in [0.2, 0.25) is 5.02 Å². The standard InChI is InChI=1S/C22H21ClN2O3S/c1-16-8-10-17(11-9-16)15-24-22(26)18-12-13-20(23)21(14-18)29(27,28)25(2)19-6-4-3-5-7-19/h3-14H,15H2,1-2H3,(H,24,26). The van der Waals surface area contributed by atoms with Crippen LogP contribution in [-0.2, 0) is 16.6 Å². The Morgan fingerprint density at radius 3 is 2.31 bits per heavy atom. The van der Waals surface area contributed by atoms with Crippen LogP contribution in [0.4, 0.5) is 5.69 Å². The Labute approximate surface area is 176 Å². The Hall–Kier alpha value is -2.83. The summed E-state index contributed by atoms with van der Waals surface area (Å²) < 4.78 is 27.2. The van der Waals surface area contributed by atoms with E-state index in [2.05, 4.69) is 5.32 Å². The van der Waals surface area contributed by atoms with E-state index in [-0.39, 0.29) is 21.4 Å². The van der Waals surface area contributed by atoms with Gasteiger partial charge in [0.15, 0.2) is 0 Å². The minimum Gasteiger partial charge on any atom is -0.348 e. The minimum absolute atomic E-state index is 0.0582. The number of sulfonamides is 1. The number of amides is 1. The molecular formula is C22H21ClN2O3S. The van der Waals surface area contributed by atoms with E-state index in [0.29, 0.717) is 12.2 Å². The molecule has 0 fully saturated rings. The van der Waals surface area contributed by atoms with E-state index in [9.17, 15) is 13.2 Å². The topological polar surface area (TPSA) is 66.5 Å². The highest BCUT2D eigenvalue weighted by Crippen LogP contribution is 2.28. The van der Waals surface area contributed by atoms with Gasteiger partial charge in [0.1, 0.15) is 4.90 Å². The number of rotatable bonds is 6. The van der Waals surface area contributed by atoms with Crippen LogP contribution in [0.15, 0.2) is 77.7 Å². The fourth-order valence-corrected chi connectivity index (χ4v) is 4.45. The number of para-hydroxylation sites is 1. The maximum absolute atomic E-state index is 13.0. The molecule has 0 atom stereocenters. The van der Waals surface area contributed by atoms with Crippen LogP contribution in [0, 0.1) is 6.92 Å². The van der Waals surface area contributed by atoms with E-state index in [1.807, 2.05) is 31.2 Å². The third kappa shape index (κ3) is 4.78. The van der Waals surface area contributed by atoms with Gasteiger partial charge in [-0.1, -0.05) is 59.6 Å². The molecule has 0 spiro atoms. The van der Waals surface area contributed by atoms with Gasteiger partial charge in [-0.2, -0.15) is 0 Å². The van der Waals surface area contributed by atoms with E-state index < -0.39 is 10.0 Å². The second-order valence-electron chi connectivity index (χ2n) is 6.62. The van der Waals surface area contributed by atoms with Crippen LogP contribution in [-0.4, -0.2) is 21.4 Å². The lowest BCUT2D eigenvalue weighted by Gasteiger charge is -2.20. The van der Waals surface area contributed by atoms with Crippen molar-refractivity contribution in [2.75, 3.05) is 11.4 Å². The predicted molar refractivity (Wildman–Crippen MR) is 116 cm³/mol. The fraction of sp³-hybridized carbons (Fsp3) is 0.136. The molecule has 1 N–H and O–H groups in total. The maximum atomic E-state index is 13.0. The first-order chi connectivity index (χ1) is 13.8. The second kappa shape index (κ2) is 8.68. The average Bonchev–Trinajstić information content (AvgIpc) is 2.73. The zero-order valence-corrected chi connectivity index (χ0v) is 17.7. The van der Waals surface area contributed by atoms with Gasteiger partial charge in [0, 0.05) is 19.2 Å². The molecule has 3 aromatic carbocycles. The van der Waals surface area contributed by atoms with E-state index in [1.54, 1.807) is 30.3 Å². The lowest BCUT2D eigenvalue weighted by Crippen LogP contribution is -2.28. The van der Waals surface area contributed by atoms with Crippen LogP contribution in [0.3, 0.4) is 0 Å². The number of hydrogen-bond donors (Lipinski definition) is 1. The average molecular weight is 429 g/mol. The summed E-state index contributed by atoms with van der Waals surface area (Å²) in [5.74, 6) is -0.374. The Kier molecular flexibility index (Phi) is 6.25. The van der Waals surface area contributed by atoms with Crippen LogP contribution in [0.25, 0.3) is 0 Å². The molecule has 0 aliphatic rings. The molecule has 3 aromatic rings. The Balaban J connectivity index is 1.83. The molecule has 0 aliphatic heterocycles. The van der Waals surface area contributed by atoms with Gasteiger partial charge in [-0.15, -0.1) is 0 Å². The summed E-state index contributed by atoms with van der Waals surface area (Å²) in [7, 11) is -2.48. The molecule has 150 valence electrons. The number of aryl methyl sites for hydroxylation is 1. The molecule has 0 radical (unpaired) electrons. The van der Waals surface area contributed by atoms with Crippen molar-refractivity contribution in [3.05, 3.63) is 94.5 Å². The summed E-state index contributed by atoms with van der Waals surface area (Å²) in [6.07, 6.45) is 0. The number of carbonyl (C=O) groups is 1. The molecule has 1 amide bonds. The van der Waals surface area contributed by atoms with Crippen LogP contribution >= 0.6 is 11.6 Å². The van der Waals surface area contributed by atoms with Crippen LogP contribution in [0.1, 0.15) is 21.5 Å². The first-order valence-corrected chi connectivity index (χ1v) is 10.8. The van der Waals surface area contributed by atoms with Gasteiger partial charge < -0.3 is 5.32 Å². The number of halogens is 1. The third-order valence-electron chi connectivity index (χ3n) is 4.53. The molecule has 5 nitrogen and oxygen atoms in total. The second-order valence-corrected chi connectivity index (χ2v) is 8.97. The Bertz CT molecular complexity index is 1110. The highest BCUT2D eigenvalue weighted by Gasteiger charge is 2.25. The largest absolute Gasteiger partial charge is 0.348 e. The molecule has 0 aliphatic carbocycles. The zero-order valence-electron chi connectivity index (χ0n) is 16.1. The first-order valence-electron chi connectivity index (χ1n) is 8.96. The van der Waals surface area contributed by atoms with E-state index in [1.165, 1.54) is 25.2 Å². The molecule has 0 heterocycles. The number of carbonyl (C=O) groups excluding carboxylic acids is 1. The lowest BCUT2D eigenvalue weighted by molar-refractivity contribution is 0.0950. The van der Waals surface area contributed by atoms with Crippen molar-refractivity contribution in [2.45, 2.75) is 18.4 Å². The number of nitrogens with one attached hydrogen (secondary N) is 1. The number of benzene rings is 3. The quantitative estimate of drug-likeness (QED) is 0.632. The van der Waals surface area contributed by atoms with Crippen molar-refractivity contribution < 1.29 is 13.2 Å². The van der Waals surface area contributed by atoms with Gasteiger partial charge in [-0.25, -0.2) is 8.42 Å². The summed E-state index contributed by atoms with van der Waals surface area (Å²) in [4.78, 5) is 12.4. The highest BCUT2D eigenvalue weighted by molar-refractivity contribution is 7.93. The summed E-state index contributed by atoms with van der Waals surface area (Å²) >= 11 is 6.17. The Morgan fingerprint density at radius 1 is 1.00 bits per heavy atom. The molecular weight excluding hydrogens is 408 g/mol. The molecule has 0 saturated heterocycles. The number of anilines is 1. The van der Waals surface area contributed by atoms with Crippen LogP contribution < -0.4 is 9.62 Å². The van der Waals surface area contributed by atoms with E-state index >= 15 is 0 Å². The summed E-state index contributed by atoms with van der Waals surface area (Å²) in [5.41, 5.74) is 2.81. The normalized spacial score (nSPS) is 11.1. The predicted octanol–water partition coefficient (Wildman–Crippen LogP) is 4.40. The molecule has 29 heavy (non-hydrogen) atoms. The molecule has 0 unspecified atom stereocenters. The van der Waals surface area contributed by atoms with Crippen molar-refractivity contribution in [2.24, 2.45) is 0 Å². The summed E-state index contributed by atoms with van der Waals surface area (Å²) in [6, 6.07) is 20.7. The fourth-order valence-electron chi connectivity index (χ4n) is 2.76. The van der Waals surface area contributed by atoms with E-state index in [0.717, 1.165) is 15.4 Å². The van der Waals surface area contributed by atoms with Gasteiger partial charge in [0.2, 0.25) is 0 Å². The Morgan fingerprint density at radius 2 is 1.66 bits per heavy atom. The minimum atomic E-state index is -3.93. The highest BCUT2D eigenvalue weighted by atomic mass is 35.5. The van der Waals surface area contributed by atoms with Crippen LogP contribution in [0.5, 0.6) is 0 Å². The number of nitrogens with zero attached hydrogens (tertiary/aromatic N) is 1. The molecule has 0 saturated carbocycles. The third-order valence-corrected chi connectivity index (χ3v) is 6.79. The maximum Gasteiger partial charge on any atom is 0.265 e. The van der Waals surface area contributed by atoms with Crippen molar-refractivity contribution in [1.29, 1.82) is 0 Å². The molecule has 0 bridgehead atoms. The van der Waals surface area contributed by atoms with Crippen molar-refractivity contribution in [3.8, 4) is 0 Å². The number of hydrogen-bond acceptors (Lipinski definition) is 3. The summed E-state index contributed by atoms with van der Waals surface area (Å²) in [6.45, 7) is 2.33. The molecule has 0 aromatic heterocycles. The van der Waals surface area contributed by atoms with Crippen molar-refractivity contribution >= 4 is 33.2 Å². The SMILES string of the molecule is Cc1ccc(CNC(=O)c2ccc(Cl)c(S(=O)(=O)N(C)c3ccccc3)c2)cc1. The molecule has 3 rings (SSSR count).